The van der Waals surface area contributed by atoms with Crippen molar-refractivity contribution >= 4 is 10.1 Å². The summed E-state index contributed by atoms with van der Waals surface area (Å²) in [7, 11) is -5.81. The van der Waals surface area contributed by atoms with Crippen molar-refractivity contribution in [2.24, 2.45) is 0 Å². The fourth-order valence-electron chi connectivity index (χ4n) is 3.94. The van der Waals surface area contributed by atoms with Crippen LogP contribution in [0.3, 0.4) is 0 Å². The number of aliphatic hydroxyl groups is 1. The number of benzene rings is 1. The minimum atomic E-state index is -5.81. The van der Waals surface area contributed by atoms with Gasteiger partial charge in [-0.15, -0.1) is 0 Å². The Balaban J connectivity index is 1.86. The lowest BCUT2D eigenvalue weighted by Crippen LogP contribution is -2.42. The molecule has 0 saturated heterocycles. The first-order valence-corrected chi connectivity index (χ1v) is 9.47. The summed E-state index contributed by atoms with van der Waals surface area (Å²) in [6.07, 6.45) is 3.09. The topological polar surface area (TPSA) is 84.9 Å². The van der Waals surface area contributed by atoms with E-state index in [0.29, 0.717) is 25.1 Å². The molecule has 0 saturated carbocycles. The lowest BCUT2D eigenvalue weighted by atomic mass is 9.69. The van der Waals surface area contributed by atoms with Gasteiger partial charge in [-0.25, -0.2) is 0 Å². The Labute approximate surface area is 147 Å². The second-order valence-corrected chi connectivity index (χ2v) is 8.18. The fourth-order valence-corrected chi connectivity index (χ4v) is 4.40. The van der Waals surface area contributed by atoms with Crippen molar-refractivity contribution in [3.63, 3.8) is 0 Å². The summed E-state index contributed by atoms with van der Waals surface area (Å²) in [6, 6.07) is 2.72. The standard InChI is InChI=1S/C16H16F3NO5S/c17-16(18,19)26(22,23)25-11-2-1-9-8-20-6-5-15-4-3-10(21)7-12(15)24-14(11)13(9)15/h1-4,10,12,20-21H,5-8H2/t10-,12-,15-/m0/s1. The van der Waals surface area contributed by atoms with Gasteiger partial charge in [0, 0.05) is 18.5 Å². The zero-order valence-corrected chi connectivity index (χ0v) is 14.2. The predicted octanol–water partition coefficient (Wildman–Crippen LogP) is 1.73. The van der Waals surface area contributed by atoms with E-state index < -0.39 is 39.0 Å². The Bertz CT molecular complexity index is 883. The second kappa shape index (κ2) is 5.61. The van der Waals surface area contributed by atoms with Gasteiger partial charge in [0.25, 0.3) is 0 Å². The van der Waals surface area contributed by atoms with Crippen LogP contribution >= 0.6 is 0 Å². The van der Waals surface area contributed by atoms with Crippen LogP contribution in [0.15, 0.2) is 24.3 Å². The van der Waals surface area contributed by atoms with Crippen molar-refractivity contribution in [3.8, 4) is 11.5 Å². The first-order valence-electron chi connectivity index (χ1n) is 8.06. The van der Waals surface area contributed by atoms with E-state index in [1.807, 2.05) is 6.08 Å². The molecule has 142 valence electrons. The summed E-state index contributed by atoms with van der Waals surface area (Å²) in [4.78, 5) is 0. The number of halogens is 3. The van der Waals surface area contributed by atoms with E-state index in [9.17, 15) is 26.7 Å². The van der Waals surface area contributed by atoms with Crippen molar-refractivity contribution in [2.75, 3.05) is 6.54 Å². The summed E-state index contributed by atoms with van der Waals surface area (Å²) in [6.45, 7) is 1.12. The fraction of sp³-hybridized carbons (Fsp3) is 0.500. The lowest BCUT2D eigenvalue weighted by Gasteiger charge is -2.35. The molecule has 3 atom stereocenters. The summed E-state index contributed by atoms with van der Waals surface area (Å²) in [5, 5.41) is 13.1. The van der Waals surface area contributed by atoms with E-state index in [-0.39, 0.29) is 12.2 Å². The molecule has 1 spiro atoms. The van der Waals surface area contributed by atoms with Crippen LogP contribution in [-0.4, -0.2) is 37.8 Å². The molecular formula is C16H16F3NO5S. The quantitative estimate of drug-likeness (QED) is 0.454. The summed E-state index contributed by atoms with van der Waals surface area (Å²) >= 11 is 0. The number of rotatable bonds is 2. The number of hydrogen-bond donors (Lipinski definition) is 2. The van der Waals surface area contributed by atoms with E-state index in [1.54, 1.807) is 12.1 Å². The van der Waals surface area contributed by atoms with E-state index in [1.165, 1.54) is 6.07 Å². The van der Waals surface area contributed by atoms with Gasteiger partial charge in [-0.3, -0.25) is 0 Å². The van der Waals surface area contributed by atoms with Gasteiger partial charge in [-0.1, -0.05) is 18.2 Å². The third kappa shape index (κ3) is 2.50. The largest absolute Gasteiger partial charge is 0.534 e. The van der Waals surface area contributed by atoms with Crippen LogP contribution in [-0.2, 0) is 22.1 Å². The molecule has 10 heteroatoms. The molecule has 0 aromatic heterocycles. The number of ether oxygens (including phenoxy) is 1. The molecule has 1 aromatic rings. The van der Waals surface area contributed by atoms with Crippen molar-refractivity contribution in [1.82, 2.24) is 5.32 Å². The Morgan fingerprint density at radius 1 is 1.35 bits per heavy atom. The highest BCUT2D eigenvalue weighted by atomic mass is 32.2. The zero-order chi connectivity index (χ0) is 18.7. The molecule has 0 unspecified atom stereocenters. The Kier molecular flexibility index (Phi) is 3.80. The SMILES string of the molecule is O=S(=O)(Oc1ccc2c3c1O[C@H]1C[C@@H](O)C=C[C@@]31CCNC2)C(F)(F)F. The third-order valence-electron chi connectivity index (χ3n) is 5.09. The normalized spacial score (nSPS) is 30.2. The van der Waals surface area contributed by atoms with E-state index >= 15 is 0 Å². The van der Waals surface area contributed by atoms with Crippen LogP contribution in [0, 0.1) is 0 Å². The Morgan fingerprint density at radius 3 is 2.85 bits per heavy atom. The average Bonchev–Trinajstić information content (AvgIpc) is 2.75. The first kappa shape index (κ1) is 17.6. The highest BCUT2D eigenvalue weighted by molar-refractivity contribution is 7.88. The molecule has 2 heterocycles. The van der Waals surface area contributed by atoms with Crippen LogP contribution < -0.4 is 14.2 Å². The average molecular weight is 391 g/mol. The van der Waals surface area contributed by atoms with Crippen molar-refractivity contribution in [3.05, 3.63) is 35.4 Å². The molecular weight excluding hydrogens is 375 g/mol. The van der Waals surface area contributed by atoms with Gasteiger partial charge >= 0.3 is 15.6 Å². The monoisotopic (exact) mass is 391 g/mol. The second-order valence-electron chi connectivity index (χ2n) is 6.65. The molecule has 2 aliphatic heterocycles. The van der Waals surface area contributed by atoms with Crippen LogP contribution in [0.4, 0.5) is 13.2 Å². The van der Waals surface area contributed by atoms with E-state index in [0.717, 1.165) is 5.56 Å². The molecule has 6 nitrogen and oxygen atoms in total. The molecule has 0 amide bonds. The minimum absolute atomic E-state index is 0.00257. The number of hydrogen-bond acceptors (Lipinski definition) is 6. The molecule has 2 N–H and O–H groups in total. The number of nitrogens with one attached hydrogen (secondary N) is 1. The zero-order valence-electron chi connectivity index (χ0n) is 13.4. The number of aliphatic hydroxyl groups excluding tert-OH is 1. The summed E-state index contributed by atoms with van der Waals surface area (Å²) in [5.41, 5.74) is -4.73. The molecule has 0 radical (unpaired) electrons. The van der Waals surface area contributed by atoms with E-state index in [4.69, 9.17) is 4.74 Å². The summed E-state index contributed by atoms with van der Waals surface area (Å²) < 4.78 is 71.2. The van der Waals surface area contributed by atoms with Gasteiger partial charge in [0.15, 0.2) is 11.5 Å². The first-order chi connectivity index (χ1) is 12.1. The molecule has 0 fully saturated rings. The lowest BCUT2D eigenvalue weighted by molar-refractivity contribution is -0.0500. The smallest absolute Gasteiger partial charge is 0.485 e. The maximum Gasteiger partial charge on any atom is 0.534 e. The van der Waals surface area contributed by atoms with Crippen molar-refractivity contribution in [2.45, 2.75) is 42.5 Å². The van der Waals surface area contributed by atoms with E-state index in [2.05, 4.69) is 9.50 Å². The molecule has 0 bridgehead atoms. The Hall–Kier alpha value is -1.78. The van der Waals surface area contributed by atoms with Gasteiger partial charge in [0.1, 0.15) is 6.10 Å². The minimum Gasteiger partial charge on any atom is -0.485 e. The molecule has 4 rings (SSSR count). The van der Waals surface area contributed by atoms with Gasteiger partial charge in [-0.05, 0) is 24.6 Å². The Morgan fingerprint density at radius 2 is 2.12 bits per heavy atom. The predicted molar refractivity (Wildman–Crippen MR) is 84.2 cm³/mol. The molecule has 1 aliphatic carbocycles. The van der Waals surface area contributed by atoms with Gasteiger partial charge < -0.3 is 19.3 Å². The molecule has 26 heavy (non-hydrogen) atoms. The molecule has 1 aromatic carbocycles. The van der Waals surface area contributed by atoms with Crippen LogP contribution in [0.5, 0.6) is 11.5 Å². The van der Waals surface area contributed by atoms with Gasteiger partial charge in [0.2, 0.25) is 0 Å². The molecule has 3 aliphatic rings. The highest BCUT2D eigenvalue weighted by Gasteiger charge is 2.54. The third-order valence-corrected chi connectivity index (χ3v) is 6.06. The van der Waals surface area contributed by atoms with Crippen LogP contribution in [0.1, 0.15) is 24.0 Å². The van der Waals surface area contributed by atoms with Gasteiger partial charge in [-0.2, -0.15) is 21.6 Å². The van der Waals surface area contributed by atoms with Crippen LogP contribution in [0.25, 0.3) is 0 Å². The van der Waals surface area contributed by atoms with Crippen LogP contribution in [0.2, 0.25) is 0 Å². The maximum atomic E-state index is 12.7. The number of alkyl halides is 3. The van der Waals surface area contributed by atoms with Gasteiger partial charge in [0.05, 0.1) is 11.5 Å². The highest BCUT2D eigenvalue weighted by Crippen LogP contribution is 2.55. The summed E-state index contributed by atoms with van der Waals surface area (Å²) in [5.74, 6) is -0.484. The maximum absolute atomic E-state index is 12.7. The van der Waals surface area contributed by atoms with Crippen molar-refractivity contribution < 1.29 is 35.6 Å². The van der Waals surface area contributed by atoms with Crippen molar-refractivity contribution in [1.29, 1.82) is 0 Å².